The van der Waals surface area contributed by atoms with Crippen LogP contribution in [0.25, 0.3) is 0 Å². The minimum absolute atomic E-state index is 0.0120. The molecule has 28 heavy (non-hydrogen) atoms. The fourth-order valence-corrected chi connectivity index (χ4v) is 3.95. The molecule has 3 rings (SSSR count). The highest BCUT2D eigenvalue weighted by Gasteiger charge is 2.29. The molecule has 1 aromatic carbocycles. The summed E-state index contributed by atoms with van der Waals surface area (Å²) in [6.07, 6.45) is 4.99. The van der Waals surface area contributed by atoms with Gasteiger partial charge in [-0.05, 0) is 44.9 Å². The van der Waals surface area contributed by atoms with Crippen LogP contribution in [0.1, 0.15) is 47.8 Å². The first-order valence-corrected chi connectivity index (χ1v) is 10.1. The van der Waals surface area contributed by atoms with E-state index in [9.17, 15) is 4.79 Å². The number of rotatable bonds is 8. The van der Waals surface area contributed by atoms with Gasteiger partial charge in [0.2, 0.25) is 0 Å². The molecule has 152 valence electrons. The molecular weight excluding hydrogens is 354 g/mol. The molecule has 2 aromatic rings. The molecule has 1 atom stereocenters. The molecule has 0 saturated carbocycles. The average molecular weight is 386 g/mol. The van der Waals surface area contributed by atoms with E-state index in [1.165, 1.54) is 11.3 Å². The Hall–Kier alpha value is -2.34. The number of benzene rings is 1. The molecule has 0 N–H and O–H groups in total. The Morgan fingerprint density at radius 1 is 1.29 bits per heavy atom. The topological polar surface area (TPSA) is 56.6 Å². The van der Waals surface area contributed by atoms with E-state index in [2.05, 4.69) is 28.5 Å². The fraction of sp³-hybridized carbons (Fsp3) is 0.545. The summed E-state index contributed by atoms with van der Waals surface area (Å²) in [6, 6.07) is 5.42. The number of carbonyl (C=O) groups excluding carboxylic acids is 1. The standard InChI is InChI=1S/C22H31N3O3/c1-5-10-25-16(2)18(13-23-25)15-24-11-6-7-17(14-24)22(26)20-9-8-19(27-3)12-21(20)28-4/h8-9,12-13,17H,5-7,10-11,14-15H2,1-4H3/t17-/m1/s1. The predicted octanol–water partition coefficient (Wildman–Crippen LogP) is 3.71. The number of piperidine rings is 1. The van der Waals surface area contributed by atoms with Crippen molar-refractivity contribution in [2.75, 3.05) is 27.3 Å². The number of carbonyl (C=O) groups is 1. The smallest absolute Gasteiger partial charge is 0.170 e. The summed E-state index contributed by atoms with van der Waals surface area (Å²) < 4.78 is 12.8. The van der Waals surface area contributed by atoms with Crippen molar-refractivity contribution in [3.8, 4) is 11.5 Å². The van der Waals surface area contributed by atoms with Gasteiger partial charge in [-0.25, -0.2) is 0 Å². The third-order valence-electron chi connectivity index (χ3n) is 5.58. The van der Waals surface area contributed by atoms with Crippen LogP contribution in [0, 0.1) is 12.8 Å². The number of aromatic nitrogens is 2. The number of hydrogen-bond acceptors (Lipinski definition) is 5. The van der Waals surface area contributed by atoms with Crippen LogP contribution in [-0.4, -0.2) is 47.8 Å². The van der Waals surface area contributed by atoms with Gasteiger partial charge >= 0.3 is 0 Å². The van der Waals surface area contributed by atoms with Crippen molar-refractivity contribution in [2.45, 2.75) is 46.2 Å². The monoisotopic (exact) mass is 385 g/mol. The van der Waals surface area contributed by atoms with Gasteiger partial charge in [0.05, 0.1) is 26.0 Å². The predicted molar refractivity (Wildman–Crippen MR) is 109 cm³/mol. The van der Waals surface area contributed by atoms with Gasteiger partial charge in [0.25, 0.3) is 0 Å². The molecule has 1 aliphatic rings. The molecule has 6 nitrogen and oxygen atoms in total. The molecule has 1 saturated heterocycles. The van der Waals surface area contributed by atoms with Crippen molar-refractivity contribution in [3.63, 3.8) is 0 Å². The molecule has 0 aliphatic carbocycles. The molecule has 0 radical (unpaired) electrons. The molecule has 1 fully saturated rings. The van der Waals surface area contributed by atoms with Crippen LogP contribution in [0.3, 0.4) is 0 Å². The first-order chi connectivity index (χ1) is 13.6. The van der Waals surface area contributed by atoms with E-state index in [4.69, 9.17) is 9.47 Å². The van der Waals surface area contributed by atoms with E-state index in [0.717, 1.165) is 45.4 Å². The Balaban J connectivity index is 1.70. The van der Waals surface area contributed by atoms with Crippen molar-refractivity contribution >= 4 is 5.78 Å². The number of aryl methyl sites for hydroxylation is 1. The zero-order valence-electron chi connectivity index (χ0n) is 17.4. The van der Waals surface area contributed by atoms with Gasteiger partial charge in [0, 0.05) is 42.9 Å². The number of ketones is 1. The van der Waals surface area contributed by atoms with E-state index >= 15 is 0 Å². The number of methoxy groups -OCH3 is 2. The first kappa shape index (κ1) is 20.4. The van der Waals surface area contributed by atoms with Crippen molar-refractivity contribution in [3.05, 3.63) is 41.2 Å². The largest absolute Gasteiger partial charge is 0.497 e. The van der Waals surface area contributed by atoms with Crippen molar-refractivity contribution in [1.29, 1.82) is 0 Å². The molecule has 0 unspecified atom stereocenters. The first-order valence-electron chi connectivity index (χ1n) is 10.1. The summed E-state index contributed by atoms with van der Waals surface area (Å²) in [5.41, 5.74) is 3.12. The lowest BCUT2D eigenvalue weighted by molar-refractivity contribution is 0.0808. The number of ether oxygens (including phenoxy) is 2. The maximum atomic E-state index is 13.2. The summed E-state index contributed by atoms with van der Waals surface area (Å²) in [7, 11) is 3.20. The van der Waals surface area contributed by atoms with Crippen LogP contribution in [0.15, 0.2) is 24.4 Å². The molecule has 0 spiro atoms. The highest BCUT2D eigenvalue weighted by molar-refractivity contribution is 6.00. The fourth-order valence-electron chi connectivity index (χ4n) is 3.95. The second kappa shape index (κ2) is 9.24. The van der Waals surface area contributed by atoms with Gasteiger partial charge < -0.3 is 9.47 Å². The lowest BCUT2D eigenvalue weighted by Crippen LogP contribution is -2.38. The Bertz CT molecular complexity index is 815. The van der Waals surface area contributed by atoms with E-state index in [1.54, 1.807) is 20.3 Å². The Kier molecular flexibility index (Phi) is 6.73. The normalized spacial score (nSPS) is 17.5. The number of hydrogen-bond donors (Lipinski definition) is 0. The Morgan fingerprint density at radius 3 is 2.82 bits per heavy atom. The maximum absolute atomic E-state index is 13.2. The van der Waals surface area contributed by atoms with Gasteiger partial charge in [-0.2, -0.15) is 5.10 Å². The molecule has 6 heteroatoms. The molecule has 1 aromatic heterocycles. The van der Waals surface area contributed by atoms with Gasteiger partial charge in [-0.1, -0.05) is 6.92 Å². The van der Waals surface area contributed by atoms with Crippen molar-refractivity contribution in [1.82, 2.24) is 14.7 Å². The zero-order chi connectivity index (χ0) is 20.1. The van der Waals surface area contributed by atoms with E-state index in [0.29, 0.717) is 17.1 Å². The minimum Gasteiger partial charge on any atom is -0.497 e. The highest BCUT2D eigenvalue weighted by atomic mass is 16.5. The SMILES string of the molecule is CCCn1ncc(CN2CCC[C@@H](C(=O)c3ccc(OC)cc3OC)C2)c1C. The molecule has 1 aliphatic heterocycles. The minimum atomic E-state index is -0.0120. The summed E-state index contributed by atoms with van der Waals surface area (Å²) >= 11 is 0. The van der Waals surface area contributed by atoms with Gasteiger partial charge in [-0.15, -0.1) is 0 Å². The second-order valence-corrected chi connectivity index (χ2v) is 7.48. The Morgan fingerprint density at radius 2 is 2.11 bits per heavy atom. The third-order valence-corrected chi connectivity index (χ3v) is 5.58. The molecule has 2 heterocycles. The lowest BCUT2D eigenvalue weighted by Gasteiger charge is -2.32. The van der Waals surface area contributed by atoms with Gasteiger partial charge in [0.1, 0.15) is 11.5 Å². The maximum Gasteiger partial charge on any atom is 0.170 e. The summed E-state index contributed by atoms with van der Waals surface area (Å²) in [4.78, 5) is 15.5. The van der Waals surface area contributed by atoms with Gasteiger partial charge in [0.15, 0.2) is 5.78 Å². The molecule has 0 amide bonds. The quantitative estimate of drug-likeness (QED) is 0.649. The van der Waals surface area contributed by atoms with Crippen LogP contribution in [0.2, 0.25) is 0 Å². The zero-order valence-corrected chi connectivity index (χ0v) is 17.4. The van der Waals surface area contributed by atoms with Crippen LogP contribution >= 0.6 is 0 Å². The number of Topliss-reactive ketones (excluding diaryl/α,β-unsaturated/α-hetero) is 1. The third kappa shape index (κ3) is 4.38. The van der Waals surface area contributed by atoms with Crippen LogP contribution < -0.4 is 9.47 Å². The van der Waals surface area contributed by atoms with Crippen molar-refractivity contribution < 1.29 is 14.3 Å². The Labute approximate surface area is 167 Å². The van der Waals surface area contributed by atoms with Crippen molar-refractivity contribution in [2.24, 2.45) is 5.92 Å². The number of likely N-dealkylation sites (tertiary alicyclic amines) is 1. The average Bonchev–Trinajstić information content (AvgIpc) is 3.07. The summed E-state index contributed by atoms with van der Waals surface area (Å²) in [5.74, 6) is 1.42. The summed E-state index contributed by atoms with van der Waals surface area (Å²) in [6.45, 7) is 7.87. The molecular formula is C22H31N3O3. The number of nitrogens with zero attached hydrogens (tertiary/aromatic N) is 3. The van der Waals surface area contributed by atoms with E-state index in [1.807, 2.05) is 18.3 Å². The van der Waals surface area contributed by atoms with E-state index < -0.39 is 0 Å². The summed E-state index contributed by atoms with van der Waals surface area (Å²) in [5, 5.41) is 4.51. The lowest BCUT2D eigenvalue weighted by atomic mass is 9.89. The second-order valence-electron chi connectivity index (χ2n) is 7.48. The highest BCUT2D eigenvalue weighted by Crippen LogP contribution is 2.30. The van der Waals surface area contributed by atoms with Crippen LogP contribution in [-0.2, 0) is 13.1 Å². The molecule has 0 bridgehead atoms. The van der Waals surface area contributed by atoms with Crippen LogP contribution in [0.4, 0.5) is 0 Å². The van der Waals surface area contributed by atoms with Gasteiger partial charge in [-0.3, -0.25) is 14.4 Å². The van der Waals surface area contributed by atoms with Crippen LogP contribution in [0.5, 0.6) is 11.5 Å². The van der Waals surface area contributed by atoms with E-state index in [-0.39, 0.29) is 11.7 Å².